The number of para-hydroxylation sites is 1. The standard InChI is InChI=1S/C14H19N3O/c1-17-8-6-10(7-9-17)11-4-3-5-12-13(11)16-14(15-12)18-2/h3-5,10H,6-9H2,1-2H3,(H,15,16). The maximum absolute atomic E-state index is 5.18. The molecule has 0 radical (unpaired) electrons. The van der Waals surface area contributed by atoms with Crippen molar-refractivity contribution in [2.45, 2.75) is 18.8 Å². The van der Waals surface area contributed by atoms with Crippen LogP contribution in [0.15, 0.2) is 18.2 Å². The SMILES string of the molecule is COc1nc2c(C3CCN(C)CC3)cccc2[nH]1. The van der Waals surface area contributed by atoms with Crippen molar-refractivity contribution in [1.82, 2.24) is 14.9 Å². The van der Waals surface area contributed by atoms with Gasteiger partial charge in [0, 0.05) is 0 Å². The molecular weight excluding hydrogens is 226 g/mol. The number of fused-ring (bicyclic) bond motifs is 1. The molecule has 96 valence electrons. The van der Waals surface area contributed by atoms with Crippen LogP contribution in [0, 0.1) is 0 Å². The van der Waals surface area contributed by atoms with E-state index in [4.69, 9.17) is 4.74 Å². The number of nitrogens with zero attached hydrogens (tertiary/aromatic N) is 2. The van der Waals surface area contributed by atoms with Gasteiger partial charge in [-0.25, -0.2) is 0 Å². The van der Waals surface area contributed by atoms with Gasteiger partial charge < -0.3 is 14.6 Å². The smallest absolute Gasteiger partial charge is 0.294 e. The first-order valence-corrected chi connectivity index (χ1v) is 6.49. The number of nitrogens with one attached hydrogen (secondary N) is 1. The van der Waals surface area contributed by atoms with E-state index < -0.39 is 0 Å². The number of aromatic amines is 1. The maximum Gasteiger partial charge on any atom is 0.294 e. The quantitative estimate of drug-likeness (QED) is 0.883. The summed E-state index contributed by atoms with van der Waals surface area (Å²) in [6.07, 6.45) is 2.43. The Morgan fingerprint density at radius 2 is 2.11 bits per heavy atom. The van der Waals surface area contributed by atoms with Crippen LogP contribution >= 0.6 is 0 Å². The first kappa shape index (κ1) is 11.5. The molecule has 1 fully saturated rings. The van der Waals surface area contributed by atoms with Crippen molar-refractivity contribution in [1.29, 1.82) is 0 Å². The second-order valence-corrected chi connectivity index (χ2v) is 5.07. The Kier molecular flexibility index (Phi) is 2.96. The van der Waals surface area contributed by atoms with Gasteiger partial charge in [0.2, 0.25) is 0 Å². The molecule has 0 atom stereocenters. The molecule has 0 amide bonds. The van der Waals surface area contributed by atoms with E-state index in [0.717, 1.165) is 11.0 Å². The fourth-order valence-electron chi connectivity index (χ4n) is 2.78. The highest BCUT2D eigenvalue weighted by Crippen LogP contribution is 2.32. The minimum atomic E-state index is 0.602. The normalized spacial score (nSPS) is 18.3. The van der Waals surface area contributed by atoms with Crippen LogP contribution in [0.4, 0.5) is 0 Å². The lowest BCUT2D eigenvalue weighted by Crippen LogP contribution is -2.29. The second kappa shape index (κ2) is 4.61. The number of piperidine rings is 1. The average molecular weight is 245 g/mol. The molecule has 0 unspecified atom stereocenters. The van der Waals surface area contributed by atoms with Crippen molar-refractivity contribution in [3.8, 4) is 6.01 Å². The van der Waals surface area contributed by atoms with E-state index in [9.17, 15) is 0 Å². The van der Waals surface area contributed by atoms with Crippen LogP contribution in [0.3, 0.4) is 0 Å². The Balaban J connectivity index is 1.98. The van der Waals surface area contributed by atoms with Crippen molar-refractivity contribution >= 4 is 11.0 Å². The largest absolute Gasteiger partial charge is 0.468 e. The van der Waals surface area contributed by atoms with Crippen LogP contribution in [0.25, 0.3) is 11.0 Å². The number of likely N-dealkylation sites (tertiary alicyclic amines) is 1. The van der Waals surface area contributed by atoms with Crippen molar-refractivity contribution in [3.05, 3.63) is 23.8 Å². The number of hydrogen-bond donors (Lipinski definition) is 1. The van der Waals surface area contributed by atoms with Crippen LogP contribution in [0.5, 0.6) is 6.01 Å². The Bertz CT molecular complexity index is 541. The maximum atomic E-state index is 5.18. The van der Waals surface area contributed by atoms with Gasteiger partial charge in [0.15, 0.2) is 0 Å². The highest BCUT2D eigenvalue weighted by Gasteiger charge is 2.21. The van der Waals surface area contributed by atoms with E-state index >= 15 is 0 Å². The monoisotopic (exact) mass is 245 g/mol. The molecule has 1 aliphatic rings. The number of ether oxygens (including phenoxy) is 1. The molecule has 1 aliphatic heterocycles. The summed E-state index contributed by atoms with van der Waals surface area (Å²) in [6, 6.07) is 6.97. The van der Waals surface area contributed by atoms with Crippen molar-refractivity contribution in [2.75, 3.05) is 27.2 Å². The van der Waals surface area contributed by atoms with Gasteiger partial charge in [0.1, 0.15) is 0 Å². The van der Waals surface area contributed by atoms with Crippen molar-refractivity contribution < 1.29 is 4.74 Å². The predicted octanol–water partition coefficient (Wildman–Crippen LogP) is 2.38. The average Bonchev–Trinajstić information content (AvgIpc) is 2.82. The third-order valence-corrected chi connectivity index (χ3v) is 3.87. The number of rotatable bonds is 2. The minimum absolute atomic E-state index is 0.602. The molecule has 0 spiro atoms. The molecular formula is C14H19N3O. The Hall–Kier alpha value is -1.55. The first-order valence-electron chi connectivity index (χ1n) is 6.49. The summed E-state index contributed by atoms with van der Waals surface area (Å²) in [5.74, 6) is 0.623. The predicted molar refractivity (Wildman–Crippen MR) is 72.1 cm³/mol. The fourth-order valence-corrected chi connectivity index (χ4v) is 2.78. The van der Waals surface area contributed by atoms with Gasteiger partial charge >= 0.3 is 0 Å². The number of methoxy groups -OCH3 is 1. The first-order chi connectivity index (χ1) is 8.78. The van der Waals surface area contributed by atoms with Gasteiger partial charge in [-0.3, -0.25) is 0 Å². The molecule has 0 bridgehead atoms. The number of hydrogen-bond acceptors (Lipinski definition) is 3. The summed E-state index contributed by atoms with van der Waals surface area (Å²) < 4.78 is 5.18. The molecule has 4 nitrogen and oxygen atoms in total. The molecule has 1 saturated heterocycles. The molecule has 3 rings (SSSR count). The van der Waals surface area contributed by atoms with Crippen LogP contribution in [0.2, 0.25) is 0 Å². The van der Waals surface area contributed by atoms with E-state index in [1.165, 1.54) is 31.5 Å². The van der Waals surface area contributed by atoms with Crippen LogP contribution < -0.4 is 4.74 Å². The number of aromatic nitrogens is 2. The number of benzene rings is 1. The number of imidazole rings is 1. The summed E-state index contributed by atoms with van der Waals surface area (Å²) in [6.45, 7) is 2.34. The Morgan fingerprint density at radius 3 is 2.83 bits per heavy atom. The van der Waals surface area contributed by atoms with Gasteiger partial charge in [-0.1, -0.05) is 12.1 Å². The second-order valence-electron chi connectivity index (χ2n) is 5.07. The van der Waals surface area contributed by atoms with E-state index in [1.54, 1.807) is 7.11 Å². The molecule has 2 heterocycles. The zero-order valence-corrected chi connectivity index (χ0v) is 10.9. The van der Waals surface area contributed by atoms with Crippen molar-refractivity contribution in [2.24, 2.45) is 0 Å². The highest BCUT2D eigenvalue weighted by atomic mass is 16.5. The van der Waals surface area contributed by atoms with Gasteiger partial charge in [-0.2, -0.15) is 4.98 Å². The zero-order chi connectivity index (χ0) is 12.5. The minimum Gasteiger partial charge on any atom is -0.468 e. The van der Waals surface area contributed by atoms with E-state index in [0.29, 0.717) is 11.9 Å². The molecule has 1 N–H and O–H groups in total. The Labute approximate surface area is 107 Å². The lowest BCUT2D eigenvalue weighted by molar-refractivity contribution is 0.256. The van der Waals surface area contributed by atoms with Crippen molar-refractivity contribution in [3.63, 3.8) is 0 Å². The molecule has 18 heavy (non-hydrogen) atoms. The summed E-state index contributed by atoms with van der Waals surface area (Å²) in [4.78, 5) is 10.1. The van der Waals surface area contributed by atoms with Gasteiger partial charge in [0.25, 0.3) is 6.01 Å². The third kappa shape index (κ3) is 1.97. The van der Waals surface area contributed by atoms with Gasteiger partial charge in [-0.05, 0) is 50.5 Å². The zero-order valence-electron chi connectivity index (χ0n) is 10.9. The summed E-state index contributed by atoms with van der Waals surface area (Å²) in [5, 5.41) is 0. The topological polar surface area (TPSA) is 41.1 Å². The number of H-pyrrole nitrogens is 1. The van der Waals surface area contributed by atoms with Crippen LogP contribution in [-0.2, 0) is 0 Å². The van der Waals surface area contributed by atoms with E-state index in [1.807, 2.05) is 0 Å². The van der Waals surface area contributed by atoms with E-state index in [-0.39, 0.29) is 0 Å². The molecule has 2 aromatic rings. The fraction of sp³-hybridized carbons (Fsp3) is 0.500. The molecule has 4 heteroatoms. The Morgan fingerprint density at radius 1 is 1.33 bits per heavy atom. The highest BCUT2D eigenvalue weighted by molar-refractivity contribution is 5.80. The molecule has 1 aromatic carbocycles. The van der Waals surface area contributed by atoms with E-state index in [2.05, 4.69) is 40.1 Å². The van der Waals surface area contributed by atoms with Crippen LogP contribution in [-0.4, -0.2) is 42.1 Å². The molecule has 0 aliphatic carbocycles. The molecule has 1 aromatic heterocycles. The lowest BCUT2D eigenvalue weighted by atomic mass is 9.89. The summed E-state index contributed by atoms with van der Waals surface area (Å²) in [5.41, 5.74) is 3.51. The van der Waals surface area contributed by atoms with Crippen LogP contribution in [0.1, 0.15) is 24.3 Å². The van der Waals surface area contributed by atoms with Gasteiger partial charge in [-0.15, -0.1) is 0 Å². The third-order valence-electron chi connectivity index (χ3n) is 3.87. The summed E-state index contributed by atoms with van der Waals surface area (Å²) in [7, 11) is 3.83. The lowest BCUT2D eigenvalue weighted by Gasteiger charge is -2.29. The van der Waals surface area contributed by atoms with Gasteiger partial charge in [0.05, 0.1) is 18.1 Å². The summed E-state index contributed by atoms with van der Waals surface area (Å²) >= 11 is 0. The molecule has 0 saturated carbocycles.